The van der Waals surface area contributed by atoms with Crippen LogP contribution >= 0.6 is 0 Å². The second-order valence-electron chi connectivity index (χ2n) is 22.3. The van der Waals surface area contributed by atoms with Crippen LogP contribution in [-0.2, 0) is 7.05 Å². The van der Waals surface area contributed by atoms with Crippen LogP contribution in [0.15, 0.2) is 250 Å². The van der Waals surface area contributed by atoms with E-state index in [1.54, 1.807) is 24.8 Å². The number of hydrogen-bond donors (Lipinski definition) is 6. The van der Waals surface area contributed by atoms with Gasteiger partial charge in [-0.2, -0.15) is 14.2 Å². The van der Waals surface area contributed by atoms with Crippen molar-refractivity contribution in [3.63, 3.8) is 0 Å². The van der Waals surface area contributed by atoms with Gasteiger partial charge in [0.05, 0.1) is 46.3 Å². The number of hydrogen-bond acceptors (Lipinski definition) is 6. The zero-order valence-corrected chi connectivity index (χ0v) is 47.8. The number of amides is 6. The molecular weight excluding hydrogens is 1090 g/mol. The minimum absolute atomic E-state index is 0.318. The average molecular weight is 1150 g/mol. The summed E-state index contributed by atoms with van der Waals surface area (Å²) in [6, 6.07) is 64.0. The number of aromatic nitrogens is 6. The van der Waals surface area contributed by atoms with Crippen LogP contribution in [0.3, 0.4) is 0 Å². The van der Waals surface area contributed by atoms with Gasteiger partial charge in [0.25, 0.3) is 0 Å². The number of nitrogens with one attached hydrogen (secondary N) is 6. The van der Waals surface area contributed by atoms with Crippen LogP contribution in [-0.4, -0.2) is 37.8 Å². The summed E-state index contributed by atoms with van der Waals surface area (Å²) in [5.41, 5.74) is 21.3. The number of benzene rings is 7. The Labute approximate surface area is 507 Å². The number of fused-ring (bicyclic) bond motifs is 9. The fraction of sp³-hybridized carbons (Fsp3) is 0.0685. The third-order valence-electron chi connectivity index (χ3n) is 16.8. The quantitative estimate of drug-likeness (QED) is 0.0703. The summed E-state index contributed by atoms with van der Waals surface area (Å²) in [6.45, 7) is 1.95. The molecule has 0 fully saturated rings. The van der Waals surface area contributed by atoms with Gasteiger partial charge in [-0.05, 0) is 110 Å². The second kappa shape index (κ2) is 22.0. The van der Waals surface area contributed by atoms with Crippen molar-refractivity contribution in [2.24, 2.45) is 7.05 Å². The molecule has 0 aliphatic heterocycles. The number of pyridine rings is 4. The SMILES string of the molecule is Cc1cnc(-c2ccccc2)c(NC(=O)NC2c3ccccc3-c3c2cccc3-[n+]2cc(NC(=O)NC3c4ccccc4-c4cc(-[n+]5cc(NC(=O)NC6c7ccccc7-c7ccccc76)cc(-c6ccnn6C)c5)ccc43)cc(-c3cccnc3)c2)c1. The summed E-state index contributed by atoms with van der Waals surface area (Å²) >= 11 is 0. The monoisotopic (exact) mass is 1150 g/mol. The Balaban J connectivity index is 0.720. The Hall–Kier alpha value is -11.8. The van der Waals surface area contributed by atoms with E-state index in [-0.39, 0.29) is 18.1 Å². The molecule has 424 valence electrons. The van der Waals surface area contributed by atoms with Crippen molar-refractivity contribution in [1.82, 2.24) is 35.7 Å². The number of aryl methyl sites for hydroxylation is 2. The minimum Gasteiger partial charge on any atom is -0.327 e. The largest absolute Gasteiger partial charge is 0.327 e. The number of rotatable bonds is 11. The molecule has 12 aromatic rings. The molecule has 5 heterocycles. The van der Waals surface area contributed by atoms with E-state index in [9.17, 15) is 14.4 Å². The first-order valence-corrected chi connectivity index (χ1v) is 29.1. The maximum absolute atomic E-state index is 14.7. The summed E-state index contributed by atoms with van der Waals surface area (Å²) in [6.07, 6.45) is 15.0. The molecule has 0 bridgehead atoms. The molecule has 15 nitrogen and oxygen atoms in total. The van der Waals surface area contributed by atoms with Crippen LogP contribution in [0.4, 0.5) is 31.4 Å². The summed E-state index contributed by atoms with van der Waals surface area (Å²) in [5.74, 6) is 0. The third-order valence-corrected chi connectivity index (χ3v) is 16.8. The standard InChI is InChI=1S/C73H54N12O3/c1-44-34-63(67(75-38-44)45-16-4-3-5-17-45)79-73(88)82-70-59-26-13-9-22-55(59)66-61(70)27-14-28-65(66)85-40-47(46-18-15-32-74-39-46)35-49(43-85)77-71(86)81-69-58-25-12-8-21-54(58)62-37-51(29-30-60(62)69)84-41-48(64-31-33-76-83(64)2)36-50(42-84)78-72(87)80-68-56-23-10-6-19-52(56)53-20-7-11-24-57(53)68/h3-43,68-70H,1-2H3,(H4-2,77,78,79,80,81,82,86,87,88)/p+2. The molecule has 15 heteroatoms. The molecule has 6 N–H and O–H groups in total. The molecular formula is C73H56N12O3+2. The van der Waals surface area contributed by atoms with Crippen molar-refractivity contribution in [3.05, 3.63) is 289 Å². The Kier molecular flexibility index (Phi) is 13.2. The molecule has 0 spiro atoms. The predicted octanol–water partition coefficient (Wildman–Crippen LogP) is 13.7. The topological polar surface area (TPSA) is 175 Å². The van der Waals surface area contributed by atoms with Crippen LogP contribution in [0.25, 0.3) is 78.4 Å². The molecule has 5 aromatic heterocycles. The minimum atomic E-state index is -0.492. The molecule has 88 heavy (non-hydrogen) atoms. The normalized spacial score (nSPS) is 13.9. The highest BCUT2D eigenvalue weighted by atomic mass is 16.2. The number of anilines is 3. The number of carbonyl (C=O) groups excluding carboxylic acids is 3. The van der Waals surface area contributed by atoms with Crippen molar-refractivity contribution in [3.8, 4) is 78.4 Å². The van der Waals surface area contributed by atoms with E-state index in [0.717, 1.165) is 112 Å². The molecule has 2 unspecified atom stereocenters. The van der Waals surface area contributed by atoms with Gasteiger partial charge in [0.15, 0.2) is 24.8 Å². The lowest BCUT2D eigenvalue weighted by atomic mass is 10.0. The van der Waals surface area contributed by atoms with Gasteiger partial charge in [0.2, 0.25) is 11.4 Å². The lowest BCUT2D eigenvalue weighted by Crippen LogP contribution is -2.35. The van der Waals surface area contributed by atoms with Crippen molar-refractivity contribution in [2.45, 2.75) is 25.0 Å². The summed E-state index contributed by atoms with van der Waals surface area (Å²) in [5, 5.41) is 23.9. The summed E-state index contributed by atoms with van der Waals surface area (Å²) in [4.78, 5) is 52.1. The van der Waals surface area contributed by atoms with E-state index in [1.807, 2.05) is 180 Å². The van der Waals surface area contributed by atoms with Crippen LogP contribution in [0.1, 0.15) is 57.1 Å². The van der Waals surface area contributed by atoms with Gasteiger partial charge < -0.3 is 31.9 Å². The van der Waals surface area contributed by atoms with Gasteiger partial charge in [-0.15, -0.1) is 0 Å². The highest BCUT2D eigenvalue weighted by Crippen LogP contribution is 2.47. The van der Waals surface area contributed by atoms with Crippen LogP contribution in [0.5, 0.6) is 0 Å². The molecule has 0 saturated carbocycles. The van der Waals surface area contributed by atoms with E-state index in [1.165, 1.54) is 0 Å². The molecule has 7 aromatic carbocycles. The fourth-order valence-electron chi connectivity index (χ4n) is 12.9. The molecule has 3 aliphatic carbocycles. The zero-order valence-electron chi connectivity index (χ0n) is 47.8. The van der Waals surface area contributed by atoms with Gasteiger partial charge in [-0.25, -0.2) is 14.4 Å². The molecule has 0 radical (unpaired) electrons. The van der Waals surface area contributed by atoms with Crippen LogP contribution in [0.2, 0.25) is 0 Å². The van der Waals surface area contributed by atoms with Crippen molar-refractivity contribution in [2.75, 3.05) is 16.0 Å². The summed E-state index contributed by atoms with van der Waals surface area (Å²) < 4.78 is 5.85. The van der Waals surface area contributed by atoms with Crippen molar-refractivity contribution in [1.29, 1.82) is 0 Å². The van der Waals surface area contributed by atoms with E-state index in [0.29, 0.717) is 22.8 Å². The highest BCUT2D eigenvalue weighted by Gasteiger charge is 2.36. The van der Waals surface area contributed by atoms with Gasteiger partial charge in [0.1, 0.15) is 11.4 Å². The lowest BCUT2D eigenvalue weighted by Gasteiger charge is -2.18. The molecule has 2 atom stereocenters. The predicted molar refractivity (Wildman–Crippen MR) is 341 cm³/mol. The van der Waals surface area contributed by atoms with E-state index < -0.39 is 18.1 Å². The van der Waals surface area contributed by atoms with E-state index in [2.05, 4.69) is 115 Å². The van der Waals surface area contributed by atoms with Gasteiger partial charge in [-0.3, -0.25) is 14.6 Å². The molecule has 6 amide bonds. The highest BCUT2D eigenvalue weighted by molar-refractivity contribution is 5.96. The number of urea groups is 3. The van der Waals surface area contributed by atoms with E-state index in [4.69, 9.17) is 4.98 Å². The first kappa shape index (κ1) is 52.9. The van der Waals surface area contributed by atoms with Crippen LogP contribution < -0.4 is 41.0 Å². The Morgan fingerprint density at radius 1 is 0.443 bits per heavy atom. The maximum Gasteiger partial charge on any atom is 0.320 e. The first-order valence-electron chi connectivity index (χ1n) is 29.1. The second-order valence-corrected chi connectivity index (χ2v) is 22.3. The van der Waals surface area contributed by atoms with Gasteiger partial charge in [-0.1, -0.05) is 146 Å². The maximum atomic E-state index is 14.7. The Morgan fingerprint density at radius 3 is 1.64 bits per heavy atom. The Morgan fingerprint density at radius 2 is 0.989 bits per heavy atom. The average Bonchev–Trinajstić information content (AvgIpc) is 1.79. The third kappa shape index (κ3) is 9.71. The van der Waals surface area contributed by atoms with Gasteiger partial charge >= 0.3 is 18.1 Å². The number of nitrogens with zero attached hydrogens (tertiary/aromatic N) is 6. The van der Waals surface area contributed by atoms with E-state index >= 15 is 0 Å². The first-order chi connectivity index (χ1) is 43.1. The van der Waals surface area contributed by atoms with Crippen molar-refractivity contribution >= 4 is 35.2 Å². The smallest absolute Gasteiger partial charge is 0.320 e. The zero-order chi connectivity index (χ0) is 59.4. The molecule has 15 rings (SSSR count). The van der Waals surface area contributed by atoms with Crippen molar-refractivity contribution < 1.29 is 23.5 Å². The molecule has 3 aliphatic rings. The van der Waals surface area contributed by atoms with Gasteiger partial charge in [0, 0.05) is 66.7 Å². The lowest BCUT2D eigenvalue weighted by molar-refractivity contribution is -0.594. The summed E-state index contributed by atoms with van der Waals surface area (Å²) in [7, 11) is 1.89. The fourth-order valence-corrected chi connectivity index (χ4v) is 12.9. The number of carbonyl (C=O) groups is 3. The van der Waals surface area contributed by atoms with Crippen LogP contribution in [0, 0.1) is 6.92 Å². The molecule has 0 saturated heterocycles. The Bertz CT molecular complexity index is 4730.